The molecule has 0 aliphatic heterocycles. The van der Waals surface area contributed by atoms with Crippen LogP contribution in [0.15, 0.2) is 0 Å². The van der Waals surface area contributed by atoms with Gasteiger partial charge in [0.25, 0.3) is 0 Å². The summed E-state index contributed by atoms with van der Waals surface area (Å²) >= 11 is 11.9. The van der Waals surface area contributed by atoms with Crippen LogP contribution in [-0.2, 0) is 13.6 Å². The number of hydrogen-bond donors (Lipinski definition) is 1. The lowest BCUT2D eigenvalue weighted by Crippen LogP contribution is -2.29. The maximum absolute atomic E-state index is 6.19. The number of halogens is 2. The van der Waals surface area contributed by atoms with Gasteiger partial charge in [0.05, 0.1) is 5.69 Å². The van der Waals surface area contributed by atoms with Crippen LogP contribution in [0.2, 0.25) is 5.15 Å². The van der Waals surface area contributed by atoms with E-state index in [9.17, 15) is 0 Å². The average molecular weight is 292 g/mol. The molecule has 1 aromatic heterocycles. The van der Waals surface area contributed by atoms with E-state index < -0.39 is 0 Å². The van der Waals surface area contributed by atoms with Gasteiger partial charge in [0, 0.05) is 31.6 Å². The van der Waals surface area contributed by atoms with Gasteiger partial charge in [0.2, 0.25) is 0 Å². The molecule has 18 heavy (non-hydrogen) atoms. The Morgan fingerprint density at radius 1 is 1.39 bits per heavy atom. The summed E-state index contributed by atoms with van der Waals surface area (Å²) in [5.74, 6) is 0.733. The summed E-state index contributed by atoms with van der Waals surface area (Å²) in [6.07, 6.45) is 2.19. The van der Waals surface area contributed by atoms with E-state index in [0.717, 1.165) is 48.2 Å². The monoisotopic (exact) mass is 291 g/mol. The van der Waals surface area contributed by atoms with E-state index in [0.29, 0.717) is 0 Å². The highest BCUT2D eigenvalue weighted by molar-refractivity contribution is 6.30. The van der Waals surface area contributed by atoms with Gasteiger partial charge in [-0.05, 0) is 25.2 Å². The number of nitrogens with zero attached hydrogens (tertiary/aromatic N) is 2. The van der Waals surface area contributed by atoms with Gasteiger partial charge in [-0.3, -0.25) is 4.68 Å². The minimum absolute atomic E-state index is 0.261. The van der Waals surface area contributed by atoms with Crippen molar-refractivity contribution in [3.8, 4) is 0 Å². The first-order chi connectivity index (χ1) is 8.37. The van der Waals surface area contributed by atoms with Gasteiger partial charge in [-0.15, -0.1) is 11.6 Å². The van der Waals surface area contributed by atoms with Crippen molar-refractivity contribution < 1.29 is 0 Å². The molecule has 104 valence electrons. The van der Waals surface area contributed by atoms with Gasteiger partial charge in [-0.25, -0.2) is 0 Å². The standard InChI is InChI=1S/C13H23Cl2N3/c1-10-11(12(15)18(4)17-10)8-16-9-13(2,3)6-5-7-14/h16H,5-9H2,1-4H3. The smallest absolute Gasteiger partial charge is 0.131 e. The molecule has 0 spiro atoms. The molecule has 1 aromatic rings. The summed E-state index contributed by atoms with van der Waals surface area (Å²) in [6.45, 7) is 8.22. The van der Waals surface area contributed by atoms with E-state index in [2.05, 4.69) is 24.3 Å². The number of aromatic nitrogens is 2. The number of aryl methyl sites for hydroxylation is 2. The molecular weight excluding hydrogens is 269 g/mol. The van der Waals surface area contributed by atoms with Crippen molar-refractivity contribution in [2.24, 2.45) is 12.5 Å². The number of alkyl halides is 1. The highest BCUT2D eigenvalue weighted by atomic mass is 35.5. The quantitative estimate of drug-likeness (QED) is 0.779. The van der Waals surface area contributed by atoms with Crippen molar-refractivity contribution in [1.29, 1.82) is 0 Å². The van der Waals surface area contributed by atoms with E-state index in [4.69, 9.17) is 23.2 Å². The SMILES string of the molecule is Cc1nn(C)c(Cl)c1CNCC(C)(C)CCCCl. The van der Waals surface area contributed by atoms with Crippen LogP contribution in [0.25, 0.3) is 0 Å². The Balaban J connectivity index is 2.46. The van der Waals surface area contributed by atoms with Crippen molar-refractivity contribution in [3.63, 3.8) is 0 Å². The van der Waals surface area contributed by atoms with E-state index in [1.54, 1.807) is 4.68 Å². The van der Waals surface area contributed by atoms with Crippen molar-refractivity contribution in [2.75, 3.05) is 12.4 Å². The van der Waals surface area contributed by atoms with Crippen molar-refractivity contribution >= 4 is 23.2 Å². The van der Waals surface area contributed by atoms with Gasteiger partial charge in [0.1, 0.15) is 5.15 Å². The largest absolute Gasteiger partial charge is 0.312 e. The van der Waals surface area contributed by atoms with E-state index >= 15 is 0 Å². The topological polar surface area (TPSA) is 29.9 Å². The van der Waals surface area contributed by atoms with E-state index in [1.165, 1.54) is 0 Å². The highest BCUT2D eigenvalue weighted by Gasteiger charge is 2.17. The summed E-state index contributed by atoms with van der Waals surface area (Å²) in [5, 5.41) is 8.49. The Kier molecular flexibility index (Phi) is 5.96. The van der Waals surface area contributed by atoms with Crippen LogP contribution in [0, 0.1) is 12.3 Å². The summed E-state index contributed by atoms with van der Waals surface area (Å²) in [7, 11) is 1.86. The lowest BCUT2D eigenvalue weighted by atomic mass is 9.88. The second-order valence-electron chi connectivity index (χ2n) is 5.54. The highest BCUT2D eigenvalue weighted by Crippen LogP contribution is 2.22. The second-order valence-corrected chi connectivity index (χ2v) is 6.27. The van der Waals surface area contributed by atoms with Gasteiger partial charge >= 0.3 is 0 Å². The normalized spacial score (nSPS) is 12.1. The van der Waals surface area contributed by atoms with Crippen LogP contribution in [0.5, 0.6) is 0 Å². The summed E-state index contributed by atoms with van der Waals surface area (Å²) in [5.41, 5.74) is 2.35. The fraction of sp³-hybridized carbons (Fsp3) is 0.769. The molecule has 0 aliphatic carbocycles. The molecule has 0 unspecified atom stereocenters. The van der Waals surface area contributed by atoms with Gasteiger partial charge in [0.15, 0.2) is 0 Å². The molecule has 1 rings (SSSR count). The Morgan fingerprint density at radius 2 is 2.06 bits per heavy atom. The zero-order chi connectivity index (χ0) is 13.8. The van der Waals surface area contributed by atoms with Crippen LogP contribution in [0.4, 0.5) is 0 Å². The van der Waals surface area contributed by atoms with E-state index in [-0.39, 0.29) is 5.41 Å². The Morgan fingerprint density at radius 3 is 2.56 bits per heavy atom. The molecule has 0 aromatic carbocycles. The first-order valence-corrected chi connectivity index (χ1v) is 7.23. The number of rotatable bonds is 7. The maximum Gasteiger partial charge on any atom is 0.131 e. The van der Waals surface area contributed by atoms with Crippen molar-refractivity contribution in [3.05, 3.63) is 16.4 Å². The minimum Gasteiger partial charge on any atom is -0.312 e. The molecule has 0 saturated carbocycles. The molecule has 3 nitrogen and oxygen atoms in total. The third kappa shape index (κ3) is 4.45. The minimum atomic E-state index is 0.261. The molecule has 5 heteroatoms. The predicted molar refractivity (Wildman–Crippen MR) is 78.4 cm³/mol. The average Bonchev–Trinajstić information content (AvgIpc) is 2.53. The lowest BCUT2D eigenvalue weighted by molar-refractivity contribution is 0.311. The third-order valence-electron chi connectivity index (χ3n) is 3.16. The summed E-state index contributed by atoms with van der Waals surface area (Å²) < 4.78 is 1.71. The van der Waals surface area contributed by atoms with Crippen LogP contribution >= 0.6 is 23.2 Å². The van der Waals surface area contributed by atoms with Crippen molar-refractivity contribution in [2.45, 2.75) is 40.2 Å². The molecule has 1 heterocycles. The maximum atomic E-state index is 6.19. The fourth-order valence-corrected chi connectivity index (χ4v) is 2.41. The predicted octanol–water partition coefficient (Wildman–Crippen LogP) is 3.52. The third-order valence-corrected chi connectivity index (χ3v) is 3.90. The number of nitrogens with one attached hydrogen (secondary N) is 1. The number of hydrogen-bond acceptors (Lipinski definition) is 2. The zero-order valence-electron chi connectivity index (χ0n) is 11.7. The van der Waals surface area contributed by atoms with Crippen LogP contribution in [0.3, 0.4) is 0 Å². The molecule has 0 aliphatic rings. The van der Waals surface area contributed by atoms with Gasteiger partial charge in [-0.1, -0.05) is 25.4 Å². The zero-order valence-corrected chi connectivity index (χ0v) is 13.2. The molecule has 0 saturated heterocycles. The Labute approximate surface area is 120 Å². The Bertz CT molecular complexity index is 386. The van der Waals surface area contributed by atoms with Crippen LogP contribution in [0.1, 0.15) is 37.9 Å². The first kappa shape index (κ1) is 15.8. The van der Waals surface area contributed by atoms with Crippen LogP contribution in [-0.4, -0.2) is 22.2 Å². The molecule has 1 N–H and O–H groups in total. The van der Waals surface area contributed by atoms with Crippen LogP contribution < -0.4 is 5.32 Å². The molecular formula is C13H23Cl2N3. The molecule has 0 radical (unpaired) electrons. The van der Waals surface area contributed by atoms with Gasteiger partial charge in [-0.2, -0.15) is 5.10 Å². The summed E-state index contributed by atoms with van der Waals surface area (Å²) in [6, 6.07) is 0. The molecule has 0 amide bonds. The lowest BCUT2D eigenvalue weighted by Gasteiger charge is -2.24. The van der Waals surface area contributed by atoms with Crippen molar-refractivity contribution in [1.82, 2.24) is 15.1 Å². The van der Waals surface area contributed by atoms with Gasteiger partial charge < -0.3 is 5.32 Å². The molecule has 0 atom stereocenters. The van der Waals surface area contributed by atoms with E-state index in [1.807, 2.05) is 14.0 Å². The first-order valence-electron chi connectivity index (χ1n) is 6.32. The molecule has 0 fully saturated rings. The molecule has 0 bridgehead atoms. The second kappa shape index (κ2) is 6.78. The fourth-order valence-electron chi connectivity index (χ4n) is 2.03. The summed E-state index contributed by atoms with van der Waals surface area (Å²) in [4.78, 5) is 0. The Hall–Kier alpha value is -0.250.